The van der Waals surface area contributed by atoms with Gasteiger partial charge in [0.15, 0.2) is 0 Å². The predicted octanol–water partition coefficient (Wildman–Crippen LogP) is 1.93. The minimum absolute atomic E-state index is 0.963. The Balaban J connectivity index is 3.70. The molecule has 2 nitrogen and oxygen atoms in total. The summed E-state index contributed by atoms with van der Waals surface area (Å²) in [7, 11) is 0. The number of hydrogen-bond acceptors (Lipinski definition) is 1. The fourth-order valence-corrected chi connectivity index (χ4v) is 0.394. The first kappa shape index (κ1) is 7.54. The average Bonchev–Trinajstić information content (AvgIpc) is 2.02. The Morgan fingerprint density at radius 1 is 1.27 bits per heavy atom. The lowest BCUT2D eigenvalue weighted by Crippen LogP contribution is -1.84. The van der Waals surface area contributed by atoms with Crippen LogP contribution >= 0.6 is 0 Å². The summed E-state index contributed by atoms with van der Waals surface area (Å²) in [6.45, 7) is 1.16. The second kappa shape index (κ2) is 6.55. The zero-order valence-electron chi connectivity index (χ0n) is 6.97. The van der Waals surface area contributed by atoms with E-state index in [1.807, 2.05) is 0 Å². The van der Waals surface area contributed by atoms with Crippen LogP contribution in [0.2, 0.25) is 0 Å². The van der Waals surface area contributed by atoms with Crippen molar-refractivity contribution in [2.45, 2.75) is 0 Å². The van der Waals surface area contributed by atoms with Crippen LogP contribution < -0.4 is 0 Å². The van der Waals surface area contributed by atoms with Crippen molar-refractivity contribution in [1.29, 1.82) is 0 Å². The van der Waals surface area contributed by atoms with Gasteiger partial charge >= 0.3 is 5.97 Å². The maximum Gasteiger partial charge on any atom is 0.328 e. The van der Waals surface area contributed by atoms with Crippen molar-refractivity contribution in [1.82, 2.24) is 0 Å². The van der Waals surface area contributed by atoms with E-state index in [1.54, 1.807) is 30.4 Å². The number of hydrogen-bond donors (Lipinski definition) is 1. The van der Waals surface area contributed by atoms with Crippen molar-refractivity contribution in [2.24, 2.45) is 0 Å². The number of carbonyl (C=O) groups is 1. The Morgan fingerprint density at radius 3 is 2.55 bits per heavy atom. The first-order valence-corrected chi connectivity index (χ1v) is 3.05. The van der Waals surface area contributed by atoms with E-state index in [0.717, 1.165) is 12.6 Å². The topological polar surface area (TPSA) is 37.3 Å². The van der Waals surface area contributed by atoms with E-state index in [0.29, 0.717) is 0 Å². The number of carboxylic acid groups (broad SMARTS) is 1. The molecule has 0 aromatic heterocycles. The Labute approximate surface area is 67.3 Å². The molecule has 11 heavy (non-hydrogen) atoms. The first-order valence-electron chi connectivity index (χ1n) is 3.63. The van der Waals surface area contributed by atoms with E-state index >= 15 is 0 Å². The summed E-state index contributed by atoms with van der Waals surface area (Å²) in [5.74, 6) is -0.963. The summed E-state index contributed by atoms with van der Waals surface area (Å²) in [5.41, 5.74) is 0. The molecule has 0 aliphatic rings. The molecule has 0 atom stereocenters. The molecule has 0 bridgehead atoms. The predicted molar refractivity (Wildman–Crippen MR) is 45.3 cm³/mol. The molecular formula is C9H10O2. The fourth-order valence-electron chi connectivity index (χ4n) is 0.394. The molecule has 0 saturated heterocycles. The molecule has 0 aromatic rings. The minimum Gasteiger partial charge on any atom is -0.478 e. The smallest absolute Gasteiger partial charge is 0.328 e. The van der Waals surface area contributed by atoms with Crippen LogP contribution in [0.15, 0.2) is 49.1 Å². The molecule has 2 heteroatoms. The highest BCUT2D eigenvalue weighted by atomic mass is 16.4. The summed E-state index contributed by atoms with van der Waals surface area (Å²) < 4.78 is 6.63. The van der Waals surface area contributed by atoms with E-state index < -0.39 is 5.97 Å². The van der Waals surface area contributed by atoms with Gasteiger partial charge in [0, 0.05) is 6.08 Å². The number of aliphatic carboxylic acids is 1. The normalized spacial score (nSPS) is 14.0. The zero-order valence-corrected chi connectivity index (χ0v) is 5.97. The lowest BCUT2D eigenvalue weighted by Gasteiger charge is -1.74. The molecule has 1 N–H and O–H groups in total. The Morgan fingerprint density at radius 2 is 1.91 bits per heavy atom. The van der Waals surface area contributed by atoms with Crippen LogP contribution in [0.25, 0.3) is 0 Å². The molecule has 0 unspecified atom stereocenters. The van der Waals surface area contributed by atoms with Crippen LogP contribution in [0, 0.1) is 0 Å². The zero-order chi connectivity index (χ0) is 9.23. The van der Waals surface area contributed by atoms with Gasteiger partial charge in [-0.25, -0.2) is 4.79 Å². The van der Waals surface area contributed by atoms with Crippen LogP contribution in [0.5, 0.6) is 0 Å². The van der Waals surface area contributed by atoms with Crippen molar-refractivity contribution in [3.05, 3.63) is 49.1 Å². The van der Waals surface area contributed by atoms with E-state index in [-0.39, 0.29) is 0 Å². The molecule has 0 heterocycles. The minimum atomic E-state index is -0.963. The molecule has 0 aliphatic carbocycles. The van der Waals surface area contributed by atoms with Gasteiger partial charge in [0.2, 0.25) is 0 Å². The first-order chi connectivity index (χ1) is 5.77. The standard InChI is InChI=1S/C9H10O2/c1-2-3-4-5-6-7-8-9(10)11/h2-8H,1H2,(H,10,11)/i1T. The van der Waals surface area contributed by atoms with Crippen LogP contribution in [-0.2, 0) is 4.79 Å². The van der Waals surface area contributed by atoms with E-state index in [4.69, 9.17) is 6.48 Å². The lowest BCUT2D eigenvalue weighted by molar-refractivity contribution is -0.131. The third-order valence-electron chi connectivity index (χ3n) is 0.794. The summed E-state index contributed by atoms with van der Waals surface area (Å²) in [6.07, 6.45) is 10.7. The van der Waals surface area contributed by atoms with E-state index in [1.165, 1.54) is 6.08 Å². The van der Waals surface area contributed by atoms with Gasteiger partial charge < -0.3 is 5.11 Å². The lowest BCUT2D eigenvalue weighted by atomic mass is 10.4. The molecule has 0 spiro atoms. The maximum absolute atomic E-state index is 9.96. The van der Waals surface area contributed by atoms with Crippen LogP contribution in [-0.4, -0.2) is 11.1 Å². The van der Waals surface area contributed by atoms with Crippen LogP contribution in [0.3, 0.4) is 0 Å². The number of allylic oxidation sites excluding steroid dienone is 6. The molecule has 0 aliphatic heterocycles. The summed E-state index contributed by atoms with van der Waals surface area (Å²) in [4.78, 5) is 9.96. The molecule has 0 amide bonds. The van der Waals surface area contributed by atoms with E-state index in [2.05, 4.69) is 0 Å². The second-order valence-electron chi connectivity index (χ2n) is 1.66. The largest absolute Gasteiger partial charge is 0.478 e. The van der Waals surface area contributed by atoms with Crippen molar-refractivity contribution in [3.8, 4) is 0 Å². The Bertz CT molecular complexity index is 237. The molecular weight excluding hydrogens is 140 g/mol. The molecule has 0 saturated carbocycles. The molecule has 58 valence electrons. The molecule has 0 aromatic carbocycles. The summed E-state index contributed by atoms with van der Waals surface area (Å²) >= 11 is 0. The number of carboxylic acids is 1. The third kappa shape index (κ3) is 8.43. The van der Waals surface area contributed by atoms with Gasteiger partial charge in [0.25, 0.3) is 0 Å². The van der Waals surface area contributed by atoms with Gasteiger partial charge in [0.05, 0.1) is 1.37 Å². The van der Waals surface area contributed by atoms with Gasteiger partial charge in [-0.05, 0) is 0 Å². The van der Waals surface area contributed by atoms with Gasteiger partial charge in [-0.3, -0.25) is 0 Å². The van der Waals surface area contributed by atoms with Crippen molar-refractivity contribution in [2.75, 3.05) is 0 Å². The van der Waals surface area contributed by atoms with Crippen molar-refractivity contribution >= 4 is 5.97 Å². The van der Waals surface area contributed by atoms with Gasteiger partial charge in [-0.2, -0.15) is 0 Å². The van der Waals surface area contributed by atoms with Crippen LogP contribution in [0.4, 0.5) is 0 Å². The third-order valence-corrected chi connectivity index (χ3v) is 0.794. The average molecular weight is 152 g/mol. The van der Waals surface area contributed by atoms with E-state index in [9.17, 15) is 4.79 Å². The SMILES string of the molecule is [3H]C=CC=CC=CC=CC(=O)O. The Kier molecular flexibility index (Phi) is 4.49. The molecule has 0 radical (unpaired) electrons. The monoisotopic (exact) mass is 152 g/mol. The van der Waals surface area contributed by atoms with Gasteiger partial charge in [-0.1, -0.05) is 43.0 Å². The fraction of sp³-hybridized carbons (Fsp3) is 0. The Hall–Kier alpha value is -1.57. The summed E-state index contributed by atoms with van der Waals surface area (Å²) in [5, 5.41) is 8.18. The maximum atomic E-state index is 9.96. The number of rotatable bonds is 4. The van der Waals surface area contributed by atoms with Gasteiger partial charge in [0.1, 0.15) is 0 Å². The van der Waals surface area contributed by atoms with Crippen molar-refractivity contribution in [3.63, 3.8) is 0 Å². The highest BCUT2D eigenvalue weighted by Gasteiger charge is 1.78. The highest BCUT2D eigenvalue weighted by molar-refractivity contribution is 5.80. The van der Waals surface area contributed by atoms with Gasteiger partial charge in [-0.15, -0.1) is 0 Å². The van der Waals surface area contributed by atoms with Crippen LogP contribution in [0.1, 0.15) is 1.37 Å². The second-order valence-corrected chi connectivity index (χ2v) is 1.66. The molecule has 0 rings (SSSR count). The quantitative estimate of drug-likeness (QED) is 0.493. The summed E-state index contributed by atoms with van der Waals surface area (Å²) in [6, 6.07) is 0. The molecule has 0 fully saturated rings. The highest BCUT2D eigenvalue weighted by Crippen LogP contribution is 1.80. The van der Waals surface area contributed by atoms with Crippen molar-refractivity contribution < 1.29 is 11.3 Å².